The molecule has 0 saturated carbocycles. The summed E-state index contributed by atoms with van der Waals surface area (Å²) in [6.45, 7) is -2.65. The number of phenols is 1. The molecule has 0 aliphatic heterocycles. The summed E-state index contributed by atoms with van der Waals surface area (Å²) in [7, 11) is 1.37. The van der Waals surface area contributed by atoms with Crippen LogP contribution in [-0.4, -0.2) is 31.5 Å². The van der Waals surface area contributed by atoms with Crippen LogP contribution in [0.2, 0.25) is 0 Å². The topological polar surface area (TPSA) is 58.6 Å². The highest BCUT2D eigenvalue weighted by Gasteiger charge is 2.08. The Hall–Kier alpha value is -1.55. The van der Waals surface area contributed by atoms with Crippen molar-refractivity contribution in [1.29, 1.82) is 0 Å². The molecule has 0 aliphatic carbocycles. The van der Waals surface area contributed by atoms with Gasteiger partial charge in [0.05, 0.1) is 13.7 Å². The van der Waals surface area contributed by atoms with Crippen molar-refractivity contribution in [1.82, 2.24) is 5.32 Å². The highest BCUT2D eigenvalue weighted by molar-refractivity contribution is 5.98. The lowest BCUT2D eigenvalue weighted by Crippen LogP contribution is -2.18. The van der Waals surface area contributed by atoms with Crippen molar-refractivity contribution in [3.8, 4) is 11.5 Å². The maximum atomic E-state index is 11.6. The van der Waals surface area contributed by atoms with Gasteiger partial charge in [0.25, 0.3) is 0 Å². The summed E-state index contributed by atoms with van der Waals surface area (Å²) >= 11 is 0. The number of ether oxygens (including phenoxy) is 1. The Kier molecular flexibility index (Phi) is 2.26. The second-order valence-corrected chi connectivity index (χ2v) is 2.66. The van der Waals surface area contributed by atoms with E-state index in [2.05, 4.69) is 5.32 Å². The van der Waals surface area contributed by atoms with Crippen LogP contribution in [0.25, 0.3) is 0 Å². The van der Waals surface area contributed by atoms with E-state index in [0.717, 1.165) is 0 Å². The zero-order valence-corrected chi connectivity index (χ0v) is 7.70. The first kappa shape index (κ1) is 6.84. The van der Waals surface area contributed by atoms with E-state index in [1.807, 2.05) is 0 Å². The first-order valence-corrected chi connectivity index (χ1v) is 3.99. The number of aromatic hydroxyl groups is 1. The molecule has 0 fully saturated rings. The number of methoxy groups -OCH3 is 1. The molecule has 1 aromatic rings. The normalized spacial score (nSPS) is 13.9. The molecule has 14 heavy (non-hydrogen) atoms. The second-order valence-electron chi connectivity index (χ2n) is 2.66. The van der Waals surface area contributed by atoms with Gasteiger partial charge in [-0.15, -0.1) is 0 Å². The molecule has 0 amide bonds. The fourth-order valence-electron chi connectivity index (χ4n) is 1.03. The summed E-state index contributed by atoms with van der Waals surface area (Å²) in [5, 5.41) is 11.5. The van der Waals surface area contributed by atoms with E-state index in [4.69, 9.17) is 8.85 Å². The Morgan fingerprint density at radius 3 is 3.14 bits per heavy atom. The van der Waals surface area contributed by atoms with Crippen LogP contribution in [0.4, 0.5) is 0 Å². The Morgan fingerprint density at radius 2 is 2.50 bits per heavy atom. The zero-order valence-electron chi connectivity index (χ0n) is 10.7. The molecule has 0 spiro atoms. The van der Waals surface area contributed by atoms with E-state index in [1.54, 1.807) is 0 Å². The average molecular weight is 198 g/mol. The van der Waals surface area contributed by atoms with Crippen molar-refractivity contribution in [2.45, 2.75) is 0 Å². The lowest BCUT2D eigenvalue weighted by molar-refractivity contribution is 0.0993. The molecule has 0 radical (unpaired) electrons. The molecule has 0 aliphatic rings. The Morgan fingerprint density at radius 1 is 1.71 bits per heavy atom. The number of rotatable bonds is 4. The van der Waals surface area contributed by atoms with Gasteiger partial charge in [0.1, 0.15) is 0 Å². The third kappa shape index (κ3) is 2.23. The minimum absolute atomic E-state index is 0.0761. The average Bonchev–Trinajstić information content (AvgIpc) is 2.25. The van der Waals surface area contributed by atoms with E-state index in [0.29, 0.717) is 0 Å². The van der Waals surface area contributed by atoms with Crippen LogP contribution >= 0.6 is 0 Å². The van der Waals surface area contributed by atoms with Crippen LogP contribution in [0.3, 0.4) is 0 Å². The summed E-state index contributed by atoms with van der Waals surface area (Å²) < 4.78 is 25.6. The Bertz CT molecular complexity index is 418. The second kappa shape index (κ2) is 4.62. The van der Waals surface area contributed by atoms with Crippen LogP contribution < -0.4 is 10.1 Å². The van der Waals surface area contributed by atoms with Crippen LogP contribution in [0.5, 0.6) is 11.5 Å². The molecule has 4 nitrogen and oxygen atoms in total. The SMILES string of the molecule is [2H]C([2H])([2H])NCC(=O)c1ccc(O)c(OC)c1. The molecule has 1 rings (SSSR count). The third-order valence-electron chi connectivity index (χ3n) is 1.75. The van der Waals surface area contributed by atoms with Gasteiger partial charge in [-0.1, -0.05) is 0 Å². The van der Waals surface area contributed by atoms with Crippen LogP contribution in [0.15, 0.2) is 18.2 Å². The minimum atomic E-state index is -2.35. The van der Waals surface area contributed by atoms with E-state index in [-0.39, 0.29) is 29.4 Å². The third-order valence-corrected chi connectivity index (χ3v) is 1.75. The minimum Gasteiger partial charge on any atom is -0.504 e. The molecule has 0 heterocycles. The highest BCUT2D eigenvalue weighted by atomic mass is 16.5. The van der Waals surface area contributed by atoms with Gasteiger partial charge < -0.3 is 15.2 Å². The summed E-state index contributed by atoms with van der Waals surface area (Å²) in [6.07, 6.45) is 0. The zero-order chi connectivity index (χ0) is 13.1. The molecule has 0 aromatic heterocycles. The number of hydrogen-bond acceptors (Lipinski definition) is 4. The van der Waals surface area contributed by atoms with E-state index >= 15 is 0 Å². The van der Waals surface area contributed by atoms with Gasteiger partial charge >= 0.3 is 0 Å². The van der Waals surface area contributed by atoms with Gasteiger partial charge in [0, 0.05) is 9.68 Å². The number of likely N-dealkylation sites (N-methyl/N-ethyl adjacent to an activating group) is 1. The number of nitrogens with one attached hydrogen (secondary N) is 1. The largest absolute Gasteiger partial charge is 0.504 e. The summed E-state index contributed by atoms with van der Waals surface area (Å²) in [5.41, 5.74) is 0.274. The number of ketones is 1. The van der Waals surface area contributed by atoms with E-state index in [9.17, 15) is 9.90 Å². The van der Waals surface area contributed by atoms with Crippen LogP contribution in [0.1, 0.15) is 14.5 Å². The molecule has 0 atom stereocenters. The van der Waals surface area contributed by atoms with Gasteiger partial charge in [0.15, 0.2) is 17.3 Å². The Balaban J connectivity index is 2.76. The molecule has 0 unspecified atom stereocenters. The molecule has 76 valence electrons. The fourth-order valence-corrected chi connectivity index (χ4v) is 1.03. The first-order chi connectivity index (χ1) is 7.83. The van der Waals surface area contributed by atoms with Crippen molar-refractivity contribution in [3.63, 3.8) is 0 Å². The predicted molar refractivity (Wildman–Crippen MR) is 52.9 cm³/mol. The summed E-state index contributed by atoms with van der Waals surface area (Å²) in [5.74, 6) is -0.294. The van der Waals surface area contributed by atoms with Crippen molar-refractivity contribution < 1.29 is 18.8 Å². The standard InChI is InChI=1S/C10H13NO3/c1-11-6-9(13)7-3-4-8(12)10(5-7)14-2/h3-5,11-12H,6H2,1-2H3/i1D3. The molecule has 2 N–H and O–H groups in total. The number of carbonyl (C=O) groups excluding carboxylic acids is 1. The number of benzene rings is 1. The fraction of sp³-hybridized carbons (Fsp3) is 0.300. The van der Waals surface area contributed by atoms with Crippen LogP contribution in [0, 0.1) is 0 Å². The monoisotopic (exact) mass is 198 g/mol. The molecule has 4 heteroatoms. The molecule has 0 saturated heterocycles. The summed E-state index contributed by atoms with van der Waals surface area (Å²) in [4.78, 5) is 11.6. The van der Waals surface area contributed by atoms with E-state index in [1.165, 1.54) is 25.3 Å². The van der Waals surface area contributed by atoms with Crippen molar-refractivity contribution in [2.75, 3.05) is 20.6 Å². The predicted octanol–water partition coefficient (Wildman–Crippen LogP) is 0.803. The van der Waals surface area contributed by atoms with Gasteiger partial charge in [-0.3, -0.25) is 4.79 Å². The maximum absolute atomic E-state index is 11.6. The molecular formula is C10H13NO3. The van der Waals surface area contributed by atoms with Gasteiger partial charge in [-0.2, -0.15) is 0 Å². The molecule has 1 aromatic carbocycles. The quantitative estimate of drug-likeness (QED) is 0.703. The number of carbonyl (C=O) groups is 1. The maximum Gasteiger partial charge on any atom is 0.176 e. The van der Waals surface area contributed by atoms with Crippen molar-refractivity contribution >= 4 is 5.78 Å². The van der Waals surface area contributed by atoms with Gasteiger partial charge in [0.2, 0.25) is 0 Å². The lowest BCUT2D eigenvalue weighted by Gasteiger charge is -2.05. The van der Waals surface area contributed by atoms with Crippen LogP contribution in [-0.2, 0) is 0 Å². The van der Waals surface area contributed by atoms with Crippen molar-refractivity contribution in [2.24, 2.45) is 0 Å². The lowest BCUT2D eigenvalue weighted by atomic mass is 10.1. The number of Topliss-reactive ketones (excluding diaryl/α,β-unsaturated/α-hetero) is 1. The highest BCUT2D eigenvalue weighted by Crippen LogP contribution is 2.26. The van der Waals surface area contributed by atoms with Crippen molar-refractivity contribution in [3.05, 3.63) is 23.8 Å². The number of hydrogen-bond donors (Lipinski definition) is 2. The number of phenolic OH excluding ortho intramolecular Hbond substituents is 1. The van der Waals surface area contributed by atoms with E-state index < -0.39 is 6.98 Å². The molecular weight excluding hydrogens is 182 g/mol. The smallest absolute Gasteiger partial charge is 0.176 e. The molecule has 0 bridgehead atoms. The summed E-state index contributed by atoms with van der Waals surface area (Å²) in [6, 6.07) is 4.08. The van der Waals surface area contributed by atoms with Gasteiger partial charge in [-0.25, -0.2) is 0 Å². The first-order valence-electron chi connectivity index (χ1n) is 5.49. The Labute approximate surface area is 86.7 Å². The van der Waals surface area contributed by atoms with Gasteiger partial charge in [-0.05, 0) is 25.2 Å².